The summed E-state index contributed by atoms with van der Waals surface area (Å²) >= 11 is 3.46. The maximum absolute atomic E-state index is 12.8. The highest BCUT2D eigenvalue weighted by Gasteiger charge is 2.21. The number of carbonyl (C=O) groups is 1. The largest absolute Gasteiger partial charge is 0.486 e. The van der Waals surface area contributed by atoms with E-state index < -0.39 is 0 Å². The number of halogens is 1. The van der Waals surface area contributed by atoms with E-state index in [-0.39, 0.29) is 11.9 Å². The molecule has 126 valence electrons. The van der Waals surface area contributed by atoms with Crippen molar-refractivity contribution in [3.8, 4) is 11.5 Å². The fourth-order valence-electron chi connectivity index (χ4n) is 2.77. The molecule has 0 aliphatic carbocycles. The summed E-state index contributed by atoms with van der Waals surface area (Å²) in [5.74, 6) is 1.15. The van der Waals surface area contributed by atoms with Crippen LogP contribution in [0.15, 0.2) is 46.9 Å². The molecule has 0 bridgehead atoms. The molecule has 1 amide bonds. The molecular formula is C19H20BrNO3. The third-order valence-electron chi connectivity index (χ3n) is 3.96. The number of ether oxygens (including phenoxy) is 2. The zero-order valence-electron chi connectivity index (χ0n) is 13.5. The second-order valence-corrected chi connectivity index (χ2v) is 6.56. The van der Waals surface area contributed by atoms with E-state index >= 15 is 0 Å². The number of rotatable bonds is 5. The minimum atomic E-state index is -0.124. The van der Waals surface area contributed by atoms with Crippen molar-refractivity contribution in [1.82, 2.24) is 5.32 Å². The van der Waals surface area contributed by atoms with Crippen LogP contribution in [-0.2, 0) is 0 Å². The number of fused-ring (bicyclic) bond motifs is 1. The second kappa shape index (κ2) is 7.71. The van der Waals surface area contributed by atoms with Crippen molar-refractivity contribution in [2.24, 2.45) is 0 Å². The first-order valence-corrected chi connectivity index (χ1v) is 8.93. The monoisotopic (exact) mass is 389 g/mol. The third-order valence-corrected chi connectivity index (χ3v) is 4.62. The number of nitrogens with one attached hydrogen (secondary N) is 1. The standard InChI is InChI=1S/C19H20BrNO3/c1-2-6-16(13-7-4-3-5-8-13)21-19(22)14-11-17-18(12-15(14)20)24-10-9-23-17/h3-5,7-8,11-12,16H,2,6,9-10H2,1H3,(H,21,22). The highest BCUT2D eigenvalue weighted by atomic mass is 79.9. The lowest BCUT2D eigenvalue weighted by Crippen LogP contribution is -2.29. The van der Waals surface area contributed by atoms with Gasteiger partial charge in [-0.1, -0.05) is 43.7 Å². The van der Waals surface area contributed by atoms with E-state index in [0.29, 0.717) is 34.7 Å². The summed E-state index contributed by atoms with van der Waals surface area (Å²) in [6, 6.07) is 13.6. The van der Waals surface area contributed by atoms with Crippen molar-refractivity contribution < 1.29 is 14.3 Å². The Morgan fingerprint density at radius 1 is 1.17 bits per heavy atom. The van der Waals surface area contributed by atoms with E-state index in [1.54, 1.807) is 12.1 Å². The molecule has 0 aromatic heterocycles. The second-order valence-electron chi connectivity index (χ2n) is 5.70. The van der Waals surface area contributed by atoms with E-state index in [1.807, 2.05) is 30.3 Å². The molecular weight excluding hydrogens is 370 g/mol. The van der Waals surface area contributed by atoms with Gasteiger partial charge in [-0.2, -0.15) is 0 Å². The minimum Gasteiger partial charge on any atom is -0.486 e. The molecule has 4 nitrogen and oxygen atoms in total. The van der Waals surface area contributed by atoms with Gasteiger partial charge in [0.1, 0.15) is 13.2 Å². The molecule has 24 heavy (non-hydrogen) atoms. The Morgan fingerprint density at radius 2 is 1.83 bits per heavy atom. The summed E-state index contributed by atoms with van der Waals surface area (Å²) in [7, 11) is 0. The molecule has 0 fully saturated rings. The van der Waals surface area contributed by atoms with Crippen LogP contribution in [0.1, 0.15) is 41.7 Å². The molecule has 2 aromatic rings. The molecule has 1 heterocycles. The van der Waals surface area contributed by atoms with Crippen LogP contribution in [0.25, 0.3) is 0 Å². The quantitative estimate of drug-likeness (QED) is 0.818. The lowest BCUT2D eigenvalue weighted by atomic mass is 10.0. The van der Waals surface area contributed by atoms with Crippen LogP contribution in [0.5, 0.6) is 11.5 Å². The number of benzene rings is 2. The molecule has 0 spiro atoms. The van der Waals surface area contributed by atoms with Gasteiger partial charge >= 0.3 is 0 Å². The topological polar surface area (TPSA) is 47.6 Å². The van der Waals surface area contributed by atoms with E-state index in [1.165, 1.54) is 0 Å². The van der Waals surface area contributed by atoms with Crippen LogP contribution in [-0.4, -0.2) is 19.1 Å². The van der Waals surface area contributed by atoms with E-state index in [0.717, 1.165) is 18.4 Å². The van der Waals surface area contributed by atoms with Crippen LogP contribution in [0.2, 0.25) is 0 Å². The van der Waals surface area contributed by atoms with Crippen LogP contribution >= 0.6 is 15.9 Å². The van der Waals surface area contributed by atoms with Crippen LogP contribution in [0.4, 0.5) is 0 Å². The van der Waals surface area contributed by atoms with Gasteiger partial charge in [0, 0.05) is 4.47 Å². The average Bonchev–Trinajstić information content (AvgIpc) is 2.61. The summed E-state index contributed by atoms with van der Waals surface area (Å²) in [5.41, 5.74) is 1.66. The fraction of sp³-hybridized carbons (Fsp3) is 0.316. The van der Waals surface area contributed by atoms with Crippen molar-refractivity contribution in [3.05, 3.63) is 58.1 Å². The number of hydrogen-bond donors (Lipinski definition) is 1. The molecule has 5 heteroatoms. The summed E-state index contributed by atoms with van der Waals surface area (Å²) < 4.78 is 11.8. The molecule has 3 rings (SSSR count). The molecule has 1 unspecified atom stereocenters. The van der Waals surface area contributed by atoms with Gasteiger partial charge < -0.3 is 14.8 Å². The highest BCUT2D eigenvalue weighted by Crippen LogP contribution is 2.35. The first-order chi connectivity index (χ1) is 11.7. The van der Waals surface area contributed by atoms with Gasteiger partial charge in [0.2, 0.25) is 0 Å². The predicted molar refractivity (Wildman–Crippen MR) is 96.7 cm³/mol. The zero-order valence-corrected chi connectivity index (χ0v) is 15.1. The normalized spacial score (nSPS) is 14.1. The number of carbonyl (C=O) groups excluding carboxylic acids is 1. The summed E-state index contributed by atoms with van der Waals surface area (Å²) in [5, 5.41) is 3.13. The van der Waals surface area contributed by atoms with Gasteiger partial charge in [-0.15, -0.1) is 0 Å². The van der Waals surface area contributed by atoms with Gasteiger partial charge in [-0.05, 0) is 40.0 Å². The van der Waals surface area contributed by atoms with Crippen molar-refractivity contribution in [2.75, 3.05) is 13.2 Å². The predicted octanol–water partition coefficient (Wildman–Crippen LogP) is 4.49. The van der Waals surface area contributed by atoms with Gasteiger partial charge in [0.25, 0.3) is 5.91 Å². The Morgan fingerprint density at radius 3 is 2.50 bits per heavy atom. The Balaban J connectivity index is 1.83. The van der Waals surface area contributed by atoms with E-state index in [4.69, 9.17) is 9.47 Å². The average molecular weight is 390 g/mol. The molecule has 2 aromatic carbocycles. The lowest BCUT2D eigenvalue weighted by Gasteiger charge is -2.22. The van der Waals surface area contributed by atoms with Crippen molar-refractivity contribution >= 4 is 21.8 Å². The fourth-order valence-corrected chi connectivity index (χ4v) is 3.27. The van der Waals surface area contributed by atoms with Gasteiger partial charge in [-0.3, -0.25) is 4.79 Å². The van der Waals surface area contributed by atoms with Gasteiger partial charge in [0.05, 0.1) is 11.6 Å². The number of amides is 1. The van der Waals surface area contributed by atoms with E-state index in [9.17, 15) is 4.79 Å². The molecule has 1 aliphatic rings. The molecule has 0 saturated heterocycles. The Bertz CT molecular complexity index is 718. The lowest BCUT2D eigenvalue weighted by molar-refractivity contribution is 0.0932. The minimum absolute atomic E-state index is 0.0104. The molecule has 1 aliphatic heterocycles. The van der Waals surface area contributed by atoms with E-state index in [2.05, 4.69) is 28.2 Å². The highest BCUT2D eigenvalue weighted by molar-refractivity contribution is 9.10. The van der Waals surface area contributed by atoms with Crippen LogP contribution in [0.3, 0.4) is 0 Å². The summed E-state index contributed by atoms with van der Waals surface area (Å²) in [6.45, 7) is 3.14. The van der Waals surface area contributed by atoms with Gasteiger partial charge in [-0.25, -0.2) is 0 Å². The van der Waals surface area contributed by atoms with Crippen LogP contribution in [0, 0.1) is 0 Å². The van der Waals surface area contributed by atoms with Gasteiger partial charge in [0.15, 0.2) is 11.5 Å². The van der Waals surface area contributed by atoms with Crippen LogP contribution < -0.4 is 14.8 Å². The molecule has 1 atom stereocenters. The smallest absolute Gasteiger partial charge is 0.253 e. The molecule has 1 N–H and O–H groups in total. The summed E-state index contributed by atoms with van der Waals surface area (Å²) in [6.07, 6.45) is 1.88. The summed E-state index contributed by atoms with van der Waals surface area (Å²) in [4.78, 5) is 12.8. The Hall–Kier alpha value is -2.01. The van der Waals surface area contributed by atoms with Crippen molar-refractivity contribution in [2.45, 2.75) is 25.8 Å². The zero-order chi connectivity index (χ0) is 16.9. The molecule has 0 radical (unpaired) electrons. The first kappa shape index (κ1) is 16.8. The maximum atomic E-state index is 12.8. The van der Waals surface area contributed by atoms with Crippen molar-refractivity contribution in [1.29, 1.82) is 0 Å². The maximum Gasteiger partial charge on any atom is 0.253 e. The SMILES string of the molecule is CCCC(NC(=O)c1cc2c(cc1Br)OCCO2)c1ccccc1. The Labute approximate surface area is 150 Å². The first-order valence-electron chi connectivity index (χ1n) is 8.14. The number of hydrogen-bond acceptors (Lipinski definition) is 3. The van der Waals surface area contributed by atoms with Crippen molar-refractivity contribution in [3.63, 3.8) is 0 Å². The Kier molecular flexibility index (Phi) is 5.41. The third kappa shape index (κ3) is 3.73. The molecule has 0 saturated carbocycles.